The van der Waals surface area contributed by atoms with Gasteiger partial charge in [0.25, 0.3) is 10.0 Å². The molecule has 0 saturated carbocycles. The quantitative estimate of drug-likeness (QED) is 0.927. The van der Waals surface area contributed by atoms with E-state index in [-0.39, 0.29) is 8.68 Å². The van der Waals surface area contributed by atoms with Crippen LogP contribution >= 0.6 is 34.7 Å². The monoisotopic (exact) mass is 312 g/mol. The Morgan fingerprint density at radius 3 is 2.94 bits per heavy atom. The summed E-state index contributed by atoms with van der Waals surface area (Å²) in [6.07, 6.45) is 4.80. The number of sulfonamides is 1. The lowest BCUT2D eigenvalue weighted by atomic mass is 10.2. The Morgan fingerprint density at radius 2 is 2.35 bits per heavy atom. The predicted octanol–water partition coefficient (Wildman–Crippen LogP) is 2.36. The number of nitrogens with zero attached hydrogens (tertiary/aromatic N) is 1. The molecule has 2 heterocycles. The molecule has 1 saturated heterocycles. The molecule has 0 amide bonds. The molecule has 1 aromatic heterocycles. The second-order valence-corrected chi connectivity index (χ2v) is 8.79. The minimum absolute atomic E-state index is 0.184. The number of rotatable bonds is 4. The van der Waals surface area contributed by atoms with Gasteiger partial charge in [-0.2, -0.15) is 11.8 Å². The maximum atomic E-state index is 11.9. The molecule has 1 aliphatic heterocycles. The van der Waals surface area contributed by atoms with Crippen LogP contribution in [0, 0.1) is 0 Å². The molecule has 8 heteroatoms. The van der Waals surface area contributed by atoms with Gasteiger partial charge in [0, 0.05) is 11.8 Å². The average Bonchev–Trinajstić information content (AvgIpc) is 2.76. The molecule has 1 atom stereocenters. The summed E-state index contributed by atoms with van der Waals surface area (Å²) < 4.78 is 26.8. The third kappa shape index (κ3) is 3.82. The van der Waals surface area contributed by atoms with Gasteiger partial charge in [0.2, 0.25) is 0 Å². The average molecular weight is 313 g/mol. The van der Waals surface area contributed by atoms with Crippen LogP contribution < -0.4 is 4.72 Å². The Kier molecular flexibility index (Phi) is 4.71. The summed E-state index contributed by atoms with van der Waals surface area (Å²) in [4.78, 5) is 3.74. The van der Waals surface area contributed by atoms with Crippen molar-refractivity contribution in [2.75, 3.05) is 12.3 Å². The summed E-state index contributed by atoms with van der Waals surface area (Å²) in [6, 6.07) is 0. The number of thioether (sulfide) groups is 1. The van der Waals surface area contributed by atoms with Gasteiger partial charge < -0.3 is 0 Å². The Bertz CT molecular complexity index is 468. The van der Waals surface area contributed by atoms with Crippen LogP contribution in [0.25, 0.3) is 0 Å². The molecule has 4 nitrogen and oxygen atoms in total. The molecular weight excluding hydrogens is 300 g/mol. The summed E-state index contributed by atoms with van der Waals surface area (Å²) >= 11 is 8.44. The van der Waals surface area contributed by atoms with E-state index in [1.165, 1.54) is 19.0 Å². The van der Waals surface area contributed by atoms with Crippen molar-refractivity contribution in [3.63, 3.8) is 0 Å². The summed E-state index contributed by atoms with van der Waals surface area (Å²) in [6.45, 7) is 0.489. The van der Waals surface area contributed by atoms with Gasteiger partial charge in [0.15, 0.2) is 8.68 Å². The lowest BCUT2D eigenvalue weighted by Gasteiger charge is -2.21. The van der Waals surface area contributed by atoms with E-state index in [2.05, 4.69) is 9.71 Å². The van der Waals surface area contributed by atoms with Crippen LogP contribution in [0.15, 0.2) is 10.4 Å². The van der Waals surface area contributed by atoms with Crippen LogP contribution in [0.3, 0.4) is 0 Å². The predicted molar refractivity (Wildman–Crippen MR) is 72.4 cm³/mol. The van der Waals surface area contributed by atoms with Crippen LogP contribution in [0.1, 0.15) is 19.3 Å². The molecular formula is C9H13ClN2O2S3. The normalized spacial score (nSPS) is 21.6. The van der Waals surface area contributed by atoms with Crippen molar-refractivity contribution >= 4 is 44.7 Å². The number of hydrogen-bond donors (Lipinski definition) is 1. The third-order valence-electron chi connectivity index (χ3n) is 2.50. The molecule has 0 aliphatic carbocycles. The highest BCUT2D eigenvalue weighted by molar-refractivity contribution is 8.00. The molecule has 17 heavy (non-hydrogen) atoms. The SMILES string of the molecule is O=S(=O)(NCC1CCCCS1)c1cnc(Cl)s1. The van der Waals surface area contributed by atoms with E-state index in [0.29, 0.717) is 11.8 Å². The van der Waals surface area contributed by atoms with Gasteiger partial charge in [-0.05, 0) is 18.6 Å². The molecule has 1 aromatic rings. The Labute approximate surface area is 114 Å². The fraction of sp³-hybridized carbons (Fsp3) is 0.667. The minimum atomic E-state index is -3.43. The first kappa shape index (κ1) is 13.6. The first-order valence-corrected chi connectivity index (χ1v) is 9.03. The molecule has 1 unspecified atom stereocenters. The van der Waals surface area contributed by atoms with Crippen molar-refractivity contribution in [3.05, 3.63) is 10.7 Å². The van der Waals surface area contributed by atoms with Gasteiger partial charge in [-0.25, -0.2) is 18.1 Å². The molecule has 2 rings (SSSR count). The number of hydrogen-bond acceptors (Lipinski definition) is 5. The molecule has 0 radical (unpaired) electrons. The topological polar surface area (TPSA) is 59.1 Å². The van der Waals surface area contributed by atoms with E-state index in [1.807, 2.05) is 11.8 Å². The minimum Gasteiger partial charge on any atom is -0.232 e. The zero-order valence-electron chi connectivity index (χ0n) is 9.06. The van der Waals surface area contributed by atoms with Crippen molar-refractivity contribution in [2.45, 2.75) is 28.7 Å². The van der Waals surface area contributed by atoms with Crippen LogP contribution in [0.5, 0.6) is 0 Å². The smallest absolute Gasteiger partial charge is 0.232 e. The van der Waals surface area contributed by atoms with Gasteiger partial charge in [-0.3, -0.25) is 0 Å². The van der Waals surface area contributed by atoms with E-state index in [4.69, 9.17) is 11.6 Å². The van der Waals surface area contributed by atoms with Crippen LogP contribution in [0.4, 0.5) is 0 Å². The largest absolute Gasteiger partial charge is 0.251 e. The van der Waals surface area contributed by atoms with Crippen LogP contribution in [-0.2, 0) is 10.0 Å². The number of nitrogens with one attached hydrogen (secondary N) is 1. The standard InChI is InChI=1S/C9H13ClN2O2S3/c10-9-11-6-8(16-9)17(13,14)12-5-7-3-1-2-4-15-7/h6-7,12H,1-5H2. The summed E-state index contributed by atoms with van der Waals surface area (Å²) in [5.74, 6) is 1.12. The Hall–Kier alpha value is 0.180. The first-order chi connectivity index (χ1) is 8.08. The Balaban J connectivity index is 1.93. The van der Waals surface area contributed by atoms with Crippen molar-refractivity contribution in [1.29, 1.82) is 0 Å². The molecule has 1 N–H and O–H groups in total. The lowest BCUT2D eigenvalue weighted by Crippen LogP contribution is -2.31. The number of thiazole rings is 1. The fourth-order valence-corrected chi connectivity index (χ4v) is 5.37. The van der Waals surface area contributed by atoms with E-state index < -0.39 is 10.0 Å². The number of aromatic nitrogens is 1. The molecule has 1 aliphatic rings. The summed E-state index contributed by atoms with van der Waals surface area (Å²) in [5.41, 5.74) is 0. The summed E-state index contributed by atoms with van der Waals surface area (Å²) in [5, 5.41) is 0.391. The van der Waals surface area contributed by atoms with E-state index >= 15 is 0 Å². The lowest BCUT2D eigenvalue weighted by molar-refractivity contribution is 0.575. The highest BCUT2D eigenvalue weighted by Gasteiger charge is 2.20. The zero-order valence-corrected chi connectivity index (χ0v) is 12.3. The third-order valence-corrected chi connectivity index (χ3v) is 6.89. The molecule has 0 spiro atoms. The van der Waals surface area contributed by atoms with Crippen molar-refractivity contribution < 1.29 is 8.42 Å². The second-order valence-electron chi connectivity index (χ2n) is 3.77. The van der Waals surface area contributed by atoms with Crippen LogP contribution in [0.2, 0.25) is 4.47 Å². The van der Waals surface area contributed by atoms with Crippen molar-refractivity contribution in [2.24, 2.45) is 0 Å². The van der Waals surface area contributed by atoms with E-state index in [0.717, 1.165) is 23.5 Å². The maximum Gasteiger partial charge on any atom is 0.251 e. The highest BCUT2D eigenvalue weighted by atomic mass is 35.5. The molecule has 0 aromatic carbocycles. The zero-order chi connectivity index (χ0) is 12.3. The maximum absolute atomic E-state index is 11.9. The van der Waals surface area contributed by atoms with Gasteiger partial charge >= 0.3 is 0 Å². The van der Waals surface area contributed by atoms with Crippen LogP contribution in [-0.4, -0.2) is 30.9 Å². The van der Waals surface area contributed by atoms with Gasteiger partial charge in [0.05, 0.1) is 6.20 Å². The van der Waals surface area contributed by atoms with Gasteiger partial charge in [-0.15, -0.1) is 0 Å². The fourth-order valence-electron chi connectivity index (χ4n) is 1.61. The first-order valence-electron chi connectivity index (χ1n) is 5.30. The second kappa shape index (κ2) is 5.88. The van der Waals surface area contributed by atoms with Crippen molar-refractivity contribution in [1.82, 2.24) is 9.71 Å². The van der Waals surface area contributed by atoms with Crippen molar-refractivity contribution in [3.8, 4) is 0 Å². The van der Waals surface area contributed by atoms with Gasteiger partial charge in [0.1, 0.15) is 0 Å². The Morgan fingerprint density at radius 1 is 1.53 bits per heavy atom. The molecule has 1 fully saturated rings. The van der Waals surface area contributed by atoms with E-state index in [1.54, 1.807) is 0 Å². The molecule has 0 bridgehead atoms. The van der Waals surface area contributed by atoms with Gasteiger partial charge in [-0.1, -0.05) is 29.4 Å². The van der Waals surface area contributed by atoms with E-state index in [9.17, 15) is 8.42 Å². The molecule has 96 valence electrons. The highest BCUT2D eigenvalue weighted by Crippen LogP contribution is 2.26. The number of halogens is 1. The summed E-state index contributed by atoms with van der Waals surface area (Å²) in [7, 11) is -3.43.